The Morgan fingerprint density at radius 2 is 1.71 bits per heavy atom. The predicted octanol–water partition coefficient (Wildman–Crippen LogP) is 3.49. The fourth-order valence-electron chi connectivity index (χ4n) is 2.29. The lowest BCUT2D eigenvalue weighted by atomic mass is 10.1. The molecule has 0 aromatic heterocycles. The molecule has 110 valence electrons. The number of Topliss-reactive ketones (excluding diaryl/α,β-unsaturated/α-hetero) is 1. The van der Waals surface area contributed by atoms with Gasteiger partial charge in [-0.05, 0) is 37.1 Å². The average molecular weight is 302 g/mol. The van der Waals surface area contributed by atoms with Crippen molar-refractivity contribution in [2.75, 3.05) is 0 Å². The third kappa shape index (κ3) is 3.58. The van der Waals surface area contributed by atoms with Gasteiger partial charge in [0.15, 0.2) is 9.84 Å². The van der Waals surface area contributed by atoms with Crippen LogP contribution in [0.25, 0.3) is 0 Å². The van der Waals surface area contributed by atoms with E-state index in [1.807, 2.05) is 19.1 Å². The molecule has 0 aliphatic rings. The molecule has 0 aliphatic heterocycles. The van der Waals surface area contributed by atoms with Gasteiger partial charge in [0.1, 0.15) is 5.78 Å². The SMILES string of the molecule is CC(=O)C[C@@H](c1ccccc1)S(=O)(=O)c1cccc(C)c1. The van der Waals surface area contributed by atoms with Gasteiger partial charge in [-0.2, -0.15) is 0 Å². The lowest BCUT2D eigenvalue weighted by molar-refractivity contribution is -0.117. The summed E-state index contributed by atoms with van der Waals surface area (Å²) >= 11 is 0. The molecular formula is C17H18O3S. The lowest BCUT2D eigenvalue weighted by Crippen LogP contribution is -2.16. The van der Waals surface area contributed by atoms with Gasteiger partial charge in [0.25, 0.3) is 0 Å². The van der Waals surface area contributed by atoms with E-state index >= 15 is 0 Å². The smallest absolute Gasteiger partial charge is 0.185 e. The van der Waals surface area contributed by atoms with E-state index in [-0.39, 0.29) is 17.1 Å². The minimum atomic E-state index is -3.59. The number of benzene rings is 2. The minimum absolute atomic E-state index is 0.0136. The second-order valence-corrected chi connectivity index (χ2v) is 7.30. The Hall–Kier alpha value is -1.94. The van der Waals surface area contributed by atoms with Crippen LogP contribution in [0.2, 0.25) is 0 Å². The zero-order valence-electron chi connectivity index (χ0n) is 12.1. The summed E-state index contributed by atoms with van der Waals surface area (Å²) in [6.07, 6.45) is -0.0136. The van der Waals surface area contributed by atoms with Crippen LogP contribution in [-0.2, 0) is 14.6 Å². The third-order valence-electron chi connectivity index (χ3n) is 3.34. The number of rotatable bonds is 5. The largest absolute Gasteiger partial charge is 0.300 e. The van der Waals surface area contributed by atoms with E-state index in [0.29, 0.717) is 5.56 Å². The molecule has 0 saturated carbocycles. The van der Waals surface area contributed by atoms with Crippen LogP contribution >= 0.6 is 0 Å². The molecule has 1 atom stereocenters. The van der Waals surface area contributed by atoms with E-state index in [4.69, 9.17) is 0 Å². The van der Waals surface area contributed by atoms with Crippen molar-refractivity contribution in [3.05, 3.63) is 65.7 Å². The van der Waals surface area contributed by atoms with E-state index in [2.05, 4.69) is 0 Å². The summed E-state index contributed by atoms with van der Waals surface area (Å²) in [4.78, 5) is 11.8. The van der Waals surface area contributed by atoms with Gasteiger partial charge in [-0.25, -0.2) is 8.42 Å². The second kappa shape index (κ2) is 6.22. The first-order valence-corrected chi connectivity index (χ1v) is 8.31. The molecule has 21 heavy (non-hydrogen) atoms. The molecule has 2 aromatic rings. The van der Waals surface area contributed by atoms with Gasteiger partial charge in [0.05, 0.1) is 10.1 Å². The topological polar surface area (TPSA) is 51.2 Å². The molecule has 3 nitrogen and oxygen atoms in total. The Kier molecular flexibility index (Phi) is 4.58. The highest BCUT2D eigenvalue weighted by Gasteiger charge is 2.30. The van der Waals surface area contributed by atoms with E-state index in [9.17, 15) is 13.2 Å². The molecule has 0 saturated heterocycles. The first-order valence-electron chi connectivity index (χ1n) is 6.76. The van der Waals surface area contributed by atoms with Crippen molar-refractivity contribution in [2.45, 2.75) is 30.4 Å². The van der Waals surface area contributed by atoms with Crippen molar-refractivity contribution in [2.24, 2.45) is 0 Å². The number of ketones is 1. The Balaban J connectivity index is 2.52. The molecule has 0 aliphatic carbocycles. The summed E-state index contributed by atoms with van der Waals surface area (Å²) in [6, 6.07) is 15.7. The predicted molar refractivity (Wildman–Crippen MR) is 82.8 cm³/mol. The van der Waals surface area contributed by atoms with Crippen LogP contribution in [0, 0.1) is 6.92 Å². The lowest BCUT2D eigenvalue weighted by Gasteiger charge is -2.17. The van der Waals surface area contributed by atoms with Gasteiger partial charge in [0.2, 0.25) is 0 Å². The monoisotopic (exact) mass is 302 g/mol. The molecule has 0 fully saturated rings. The van der Waals surface area contributed by atoms with E-state index < -0.39 is 15.1 Å². The van der Waals surface area contributed by atoms with Crippen LogP contribution < -0.4 is 0 Å². The Morgan fingerprint density at radius 3 is 2.29 bits per heavy atom. The third-order valence-corrected chi connectivity index (χ3v) is 5.44. The Bertz CT molecular complexity index is 734. The van der Waals surface area contributed by atoms with E-state index in [0.717, 1.165) is 5.56 Å². The fourth-order valence-corrected chi connectivity index (χ4v) is 4.21. The van der Waals surface area contributed by atoms with Gasteiger partial charge < -0.3 is 0 Å². The van der Waals surface area contributed by atoms with Crippen LogP contribution in [0.5, 0.6) is 0 Å². The molecule has 4 heteroatoms. The van der Waals surface area contributed by atoms with Crippen molar-refractivity contribution < 1.29 is 13.2 Å². The molecular weight excluding hydrogens is 284 g/mol. The zero-order valence-corrected chi connectivity index (χ0v) is 12.9. The maximum atomic E-state index is 12.9. The Labute approximate surface area is 125 Å². The summed E-state index contributed by atoms with van der Waals surface area (Å²) in [7, 11) is -3.59. The number of carbonyl (C=O) groups is 1. The van der Waals surface area contributed by atoms with Gasteiger partial charge >= 0.3 is 0 Å². The molecule has 0 spiro atoms. The summed E-state index contributed by atoms with van der Waals surface area (Å²) in [6.45, 7) is 3.27. The molecule has 0 unspecified atom stereocenters. The number of hydrogen-bond donors (Lipinski definition) is 0. The summed E-state index contributed by atoms with van der Waals surface area (Å²) < 4.78 is 25.7. The quantitative estimate of drug-likeness (QED) is 0.849. The molecule has 0 heterocycles. The van der Waals surface area contributed by atoms with Crippen LogP contribution in [0.15, 0.2) is 59.5 Å². The first-order chi connectivity index (χ1) is 9.91. The fraction of sp³-hybridized carbons (Fsp3) is 0.235. The van der Waals surface area contributed by atoms with Gasteiger partial charge in [-0.15, -0.1) is 0 Å². The highest BCUT2D eigenvalue weighted by molar-refractivity contribution is 7.91. The van der Waals surface area contributed by atoms with Crippen molar-refractivity contribution in [1.82, 2.24) is 0 Å². The molecule has 0 N–H and O–H groups in total. The maximum Gasteiger partial charge on any atom is 0.185 e. The standard InChI is InChI=1S/C17H18O3S/c1-13-7-6-10-16(11-13)21(19,20)17(12-14(2)18)15-8-4-3-5-9-15/h3-11,17H,12H2,1-2H3/t17-/m0/s1. The molecule has 2 rings (SSSR count). The van der Waals surface area contributed by atoms with Crippen molar-refractivity contribution >= 4 is 15.6 Å². The van der Waals surface area contributed by atoms with Gasteiger partial charge in [-0.1, -0.05) is 42.5 Å². The summed E-state index contributed by atoms with van der Waals surface area (Å²) in [5, 5.41) is -0.835. The van der Waals surface area contributed by atoms with E-state index in [1.165, 1.54) is 6.92 Å². The van der Waals surface area contributed by atoms with Gasteiger partial charge in [0, 0.05) is 6.42 Å². The van der Waals surface area contributed by atoms with Crippen molar-refractivity contribution in [3.8, 4) is 0 Å². The maximum absolute atomic E-state index is 12.9. The molecule has 0 amide bonds. The van der Waals surface area contributed by atoms with Crippen LogP contribution in [-0.4, -0.2) is 14.2 Å². The van der Waals surface area contributed by atoms with Crippen LogP contribution in [0.1, 0.15) is 29.7 Å². The zero-order chi connectivity index (χ0) is 15.5. The van der Waals surface area contributed by atoms with E-state index in [1.54, 1.807) is 42.5 Å². The normalized spacial score (nSPS) is 12.9. The number of carbonyl (C=O) groups excluding carboxylic acids is 1. The molecule has 0 radical (unpaired) electrons. The highest BCUT2D eigenvalue weighted by atomic mass is 32.2. The minimum Gasteiger partial charge on any atom is -0.300 e. The second-order valence-electron chi connectivity index (χ2n) is 5.17. The number of hydrogen-bond acceptors (Lipinski definition) is 3. The summed E-state index contributed by atoms with van der Waals surface area (Å²) in [5.74, 6) is -0.139. The number of sulfone groups is 1. The van der Waals surface area contributed by atoms with Crippen LogP contribution in [0.3, 0.4) is 0 Å². The van der Waals surface area contributed by atoms with Crippen LogP contribution in [0.4, 0.5) is 0 Å². The highest BCUT2D eigenvalue weighted by Crippen LogP contribution is 2.32. The Morgan fingerprint density at radius 1 is 1.05 bits per heavy atom. The first kappa shape index (κ1) is 15.4. The van der Waals surface area contributed by atoms with Crippen molar-refractivity contribution in [3.63, 3.8) is 0 Å². The number of aryl methyl sites for hydroxylation is 1. The van der Waals surface area contributed by atoms with Crippen molar-refractivity contribution in [1.29, 1.82) is 0 Å². The molecule has 2 aromatic carbocycles. The van der Waals surface area contributed by atoms with Gasteiger partial charge in [-0.3, -0.25) is 4.79 Å². The molecule has 0 bridgehead atoms. The average Bonchev–Trinajstić information content (AvgIpc) is 2.45. The summed E-state index contributed by atoms with van der Waals surface area (Å²) in [5.41, 5.74) is 1.53.